The normalized spacial score (nSPS) is 27.3. The van der Waals surface area contributed by atoms with Gasteiger partial charge in [-0.3, -0.25) is 0 Å². The van der Waals surface area contributed by atoms with Crippen molar-refractivity contribution in [3.63, 3.8) is 0 Å². The van der Waals surface area contributed by atoms with E-state index in [2.05, 4.69) is 44.7 Å². The molecule has 1 saturated carbocycles. The summed E-state index contributed by atoms with van der Waals surface area (Å²) in [6.07, 6.45) is 15.7. The van der Waals surface area contributed by atoms with Gasteiger partial charge in [-0.15, -0.1) is 6.58 Å². The molecule has 1 aliphatic carbocycles. The third-order valence-corrected chi connectivity index (χ3v) is 3.20. The molecule has 15 heavy (non-hydrogen) atoms. The maximum Gasteiger partial charge on any atom is -0.0230 e. The Bertz CT molecular complexity index is 241. The molecular formula is C15H24. The van der Waals surface area contributed by atoms with Gasteiger partial charge >= 0.3 is 0 Å². The van der Waals surface area contributed by atoms with Crippen LogP contribution in [0.15, 0.2) is 36.5 Å². The zero-order valence-electron chi connectivity index (χ0n) is 10.2. The van der Waals surface area contributed by atoms with Crippen LogP contribution >= 0.6 is 0 Å². The highest BCUT2D eigenvalue weighted by Crippen LogP contribution is 2.28. The van der Waals surface area contributed by atoms with Gasteiger partial charge < -0.3 is 0 Å². The number of rotatable bonds is 3. The fourth-order valence-electron chi connectivity index (χ4n) is 2.19. The van der Waals surface area contributed by atoms with Crippen LogP contribution in [0.2, 0.25) is 0 Å². The highest BCUT2D eigenvalue weighted by atomic mass is 14.2. The van der Waals surface area contributed by atoms with E-state index in [1.807, 2.05) is 0 Å². The first kappa shape index (κ1) is 12.3. The third-order valence-electron chi connectivity index (χ3n) is 3.20. The Kier molecular flexibility index (Phi) is 5.45. The minimum absolute atomic E-state index is 0.770. The second kappa shape index (κ2) is 6.66. The van der Waals surface area contributed by atoms with Gasteiger partial charge in [0.05, 0.1) is 0 Å². The molecule has 0 saturated heterocycles. The highest BCUT2D eigenvalue weighted by Gasteiger charge is 2.14. The summed E-state index contributed by atoms with van der Waals surface area (Å²) in [6, 6.07) is 0. The molecule has 0 aromatic carbocycles. The third kappa shape index (κ3) is 5.01. The van der Waals surface area contributed by atoms with E-state index in [1.54, 1.807) is 0 Å². The molecule has 1 aliphatic rings. The van der Waals surface area contributed by atoms with Gasteiger partial charge in [-0.1, -0.05) is 36.3 Å². The molecule has 0 heterocycles. The molecule has 0 aliphatic heterocycles. The van der Waals surface area contributed by atoms with Crippen LogP contribution in [-0.2, 0) is 0 Å². The first-order chi connectivity index (χ1) is 7.22. The molecule has 0 aromatic heterocycles. The first-order valence-electron chi connectivity index (χ1n) is 6.16. The monoisotopic (exact) mass is 204 g/mol. The van der Waals surface area contributed by atoms with E-state index < -0.39 is 0 Å². The molecule has 0 N–H and O–H groups in total. The standard InChI is InChI=1S/C15H24/c1-4-14-8-6-10-15(12-11-14)9-5-7-13(2)3/h4-5,7,9,14-15H,1,6,8,10-12H2,2-3H3. The van der Waals surface area contributed by atoms with Gasteiger partial charge in [0.15, 0.2) is 0 Å². The summed E-state index contributed by atoms with van der Waals surface area (Å²) in [7, 11) is 0. The second-order valence-electron chi connectivity index (χ2n) is 4.89. The van der Waals surface area contributed by atoms with Crippen molar-refractivity contribution in [3.05, 3.63) is 36.5 Å². The topological polar surface area (TPSA) is 0 Å². The Morgan fingerprint density at radius 2 is 1.73 bits per heavy atom. The first-order valence-corrected chi connectivity index (χ1v) is 6.16. The van der Waals surface area contributed by atoms with E-state index in [4.69, 9.17) is 0 Å². The molecular weight excluding hydrogens is 180 g/mol. The van der Waals surface area contributed by atoms with E-state index in [0.29, 0.717) is 0 Å². The molecule has 0 spiro atoms. The molecule has 0 heteroatoms. The van der Waals surface area contributed by atoms with Crippen molar-refractivity contribution in [2.24, 2.45) is 11.8 Å². The van der Waals surface area contributed by atoms with Crippen LogP contribution in [0.1, 0.15) is 46.0 Å². The summed E-state index contributed by atoms with van der Waals surface area (Å²) in [4.78, 5) is 0. The molecule has 84 valence electrons. The molecule has 0 nitrogen and oxygen atoms in total. The van der Waals surface area contributed by atoms with Crippen LogP contribution in [0.25, 0.3) is 0 Å². The van der Waals surface area contributed by atoms with E-state index >= 15 is 0 Å². The van der Waals surface area contributed by atoms with Gasteiger partial charge in [0, 0.05) is 0 Å². The van der Waals surface area contributed by atoms with Crippen molar-refractivity contribution in [2.45, 2.75) is 46.0 Å². The molecule has 1 fully saturated rings. The van der Waals surface area contributed by atoms with Crippen molar-refractivity contribution in [1.82, 2.24) is 0 Å². The van der Waals surface area contributed by atoms with Crippen molar-refractivity contribution in [3.8, 4) is 0 Å². The number of hydrogen-bond donors (Lipinski definition) is 0. The summed E-state index contributed by atoms with van der Waals surface area (Å²) in [5, 5.41) is 0. The molecule has 0 aromatic rings. The van der Waals surface area contributed by atoms with Crippen LogP contribution < -0.4 is 0 Å². The summed E-state index contributed by atoms with van der Waals surface area (Å²) in [5.74, 6) is 1.57. The highest BCUT2D eigenvalue weighted by molar-refractivity contribution is 5.09. The van der Waals surface area contributed by atoms with Gasteiger partial charge in [0.2, 0.25) is 0 Å². The van der Waals surface area contributed by atoms with Gasteiger partial charge in [-0.25, -0.2) is 0 Å². The van der Waals surface area contributed by atoms with Crippen molar-refractivity contribution < 1.29 is 0 Å². The van der Waals surface area contributed by atoms with E-state index in [-0.39, 0.29) is 0 Å². The molecule has 2 atom stereocenters. The zero-order chi connectivity index (χ0) is 11.1. The van der Waals surface area contributed by atoms with Gasteiger partial charge in [0.25, 0.3) is 0 Å². The smallest absolute Gasteiger partial charge is 0.0230 e. The number of allylic oxidation sites excluding steroid dienone is 5. The molecule has 0 bridgehead atoms. The largest absolute Gasteiger partial charge is 0.103 e. The minimum Gasteiger partial charge on any atom is -0.103 e. The zero-order valence-corrected chi connectivity index (χ0v) is 10.2. The van der Waals surface area contributed by atoms with Gasteiger partial charge in [-0.05, 0) is 51.4 Å². The number of hydrogen-bond acceptors (Lipinski definition) is 0. The van der Waals surface area contributed by atoms with Crippen molar-refractivity contribution >= 4 is 0 Å². The fourth-order valence-corrected chi connectivity index (χ4v) is 2.19. The average molecular weight is 204 g/mol. The fraction of sp³-hybridized carbons (Fsp3) is 0.600. The predicted molar refractivity (Wildman–Crippen MR) is 68.8 cm³/mol. The van der Waals surface area contributed by atoms with Crippen molar-refractivity contribution in [2.75, 3.05) is 0 Å². The summed E-state index contributed by atoms with van der Waals surface area (Å²) >= 11 is 0. The lowest BCUT2D eigenvalue weighted by Crippen LogP contribution is -1.95. The molecule has 0 radical (unpaired) electrons. The maximum absolute atomic E-state index is 3.91. The predicted octanol–water partition coefficient (Wildman–Crippen LogP) is 4.89. The molecule has 0 amide bonds. The van der Waals surface area contributed by atoms with Crippen molar-refractivity contribution in [1.29, 1.82) is 0 Å². The van der Waals surface area contributed by atoms with Crippen LogP contribution in [0.5, 0.6) is 0 Å². The van der Waals surface area contributed by atoms with E-state index in [9.17, 15) is 0 Å². The average Bonchev–Trinajstić information content (AvgIpc) is 2.42. The Morgan fingerprint density at radius 3 is 2.40 bits per heavy atom. The lowest BCUT2D eigenvalue weighted by Gasteiger charge is -2.08. The Hall–Kier alpha value is -0.780. The summed E-state index contributed by atoms with van der Waals surface area (Å²) in [5.41, 5.74) is 1.38. The van der Waals surface area contributed by atoms with Crippen LogP contribution in [-0.4, -0.2) is 0 Å². The van der Waals surface area contributed by atoms with Gasteiger partial charge in [-0.2, -0.15) is 0 Å². The quantitative estimate of drug-likeness (QED) is 0.349. The maximum atomic E-state index is 3.91. The molecule has 2 unspecified atom stereocenters. The van der Waals surface area contributed by atoms with E-state index in [1.165, 1.54) is 37.7 Å². The van der Waals surface area contributed by atoms with Crippen LogP contribution in [0.4, 0.5) is 0 Å². The van der Waals surface area contributed by atoms with Gasteiger partial charge in [0.1, 0.15) is 0 Å². The SMILES string of the molecule is C=CC1CCCC(C=CC=C(C)C)CC1. The Morgan fingerprint density at radius 1 is 1.07 bits per heavy atom. The Balaban J connectivity index is 2.40. The second-order valence-corrected chi connectivity index (χ2v) is 4.89. The summed E-state index contributed by atoms with van der Waals surface area (Å²) in [6.45, 7) is 8.20. The Labute approximate surface area is 94.8 Å². The minimum atomic E-state index is 0.770. The molecule has 1 rings (SSSR count). The van der Waals surface area contributed by atoms with E-state index in [0.717, 1.165) is 11.8 Å². The lowest BCUT2D eigenvalue weighted by atomic mass is 9.98. The van der Waals surface area contributed by atoms with Crippen LogP contribution in [0.3, 0.4) is 0 Å². The van der Waals surface area contributed by atoms with Crippen LogP contribution in [0, 0.1) is 11.8 Å². The lowest BCUT2D eigenvalue weighted by molar-refractivity contribution is 0.536. The summed E-state index contributed by atoms with van der Waals surface area (Å²) < 4.78 is 0.